The van der Waals surface area contributed by atoms with Gasteiger partial charge in [-0.3, -0.25) is 9.10 Å². The summed E-state index contributed by atoms with van der Waals surface area (Å²) in [7, 11) is -3.77. The molecule has 2 unspecified atom stereocenters. The van der Waals surface area contributed by atoms with Gasteiger partial charge in [-0.15, -0.1) is 0 Å². The average Bonchev–Trinajstić information content (AvgIpc) is 2.54. The first-order valence-corrected chi connectivity index (χ1v) is 9.50. The molecule has 1 aliphatic rings. The molecule has 0 fully saturated rings. The standard InChI is InChI=1S/C18H18ClNO3S/c1-11-4-7-15(8-5-11)24(22,23)20-13(3)12(2)18(21)16-10-14(19)6-9-17(16)20/h4-10,12-13H,1-3H3. The molecule has 2 aromatic rings. The third-order valence-electron chi connectivity index (χ3n) is 4.55. The Balaban J connectivity index is 2.21. The average molecular weight is 364 g/mol. The van der Waals surface area contributed by atoms with Gasteiger partial charge in [0.25, 0.3) is 10.0 Å². The number of benzene rings is 2. The minimum Gasteiger partial charge on any atom is -0.294 e. The Kier molecular flexibility index (Phi) is 4.18. The Hall–Kier alpha value is -1.85. The normalized spacial score (nSPS) is 20.8. The molecule has 24 heavy (non-hydrogen) atoms. The summed E-state index contributed by atoms with van der Waals surface area (Å²) in [6, 6.07) is 11.0. The zero-order valence-corrected chi connectivity index (χ0v) is 15.2. The monoisotopic (exact) mass is 363 g/mol. The Bertz CT molecular complexity index is 906. The number of hydrogen-bond donors (Lipinski definition) is 0. The number of aryl methyl sites for hydroxylation is 1. The molecule has 3 rings (SSSR count). The van der Waals surface area contributed by atoms with Crippen LogP contribution in [0.25, 0.3) is 0 Å². The van der Waals surface area contributed by atoms with Gasteiger partial charge in [-0.25, -0.2) is 8.42 Å². The molecule has 0 saturated heterocycles. The van der Waals surface area contributed by atoms with Crippen molar-refractivity contribution in [3.8, 4) is 0 Å². The number of rotatable bonds is 2. The van der Waals surface area contributed by atoms with Crippen molar-refractivity contribution in [1.29, 1.82) is 0 Å². The number of carbonyl (C=O) groups is 1. The lowest BCUT2D eigenvalue weighted by Crippen LogP contribution is -2.48. The third kappa shape index (κ3) is 2.62. The van der Waals surface area contributed by atoms with Crippen LogP contribution in [-0.2, 0) is 10.0 Å². The van der Waals surface area contributed by atoms with Gasteiger partial charge in [0, 0.05) is 16.5 Å². The summed E-state index contributed by atoms with van der Waals surface area (Å²) < 4.78 is 27.7. The first kappa shape index (κ1) is 17.0. The second kappa shape index (κ2) is 5.90. The molecule has 6 heteroatoms. The topological polar surface area (TPSA) is 54.5 Å². The first-order valence-electron chi connectivity index (χ1n) is 7.68. The van der Waals surface area contributed by atoms with Gasteiger partial charge < -0.3 is 0 Å². The minimum absolute atomic E-state index is 0.0876. The molecule has 0 radical (unpaired) electrons. The molecule has 0 aromatic heterocycles. The van der Waals surface area contributed by atoms with E-state index in [1.54, 1.807) is 56.3 Å². The van der Waals surface area contributed by atoms with Crippen LogP contribution in [0.2, 0.25) is 5.02 Å². The predicted octanol–water partition coefficient (Wildman–Crippen LogP) is 4.06. The van der Waals surface area contributed by atoms with Crippen LogP contribution < -0.4 is 4.31 Å². The van der Waals surface area contributed by atoms with Gasteiger partial charge >= 0.3 is 0 Å². The van der Waals surface area contributed by atoms with E-state index in [9.17, 15) is 13.2 Å². The van der Waals surface area contributed by atoms with Crippen LogP contribution in [0.4, 0.5) is 5.69 Å². The molecule has 126 valence electrons. The highest BCUT2D eigenvalue weighted by Crippen LogP contribution is 2.38. The van der Waals surface area contributed by atoms with Crippen LogP contribution >= 0.6 is 11.6 Å². The third-order valence-corrected chi connectivity index (χ3v) is 6.70. The number of nitrogens with zero attached hydrogens (tertiary/aromatic N) is 1. The number of sulfonamides is 1. The van der Waals surface area contributed by atoms with E-state index >= 15 is 0 Å². The number of carbonyl (C=O) groups excluding carboxylic acids is 1. The lowest BCUT2D eigenvalue weighted by Gasteiger charge is -2.38. The van der Waals surface area contributed by atoms with Crippen molar-refractivity contribution < 1.29 is 13.2 Å². The summed E-state index contributed by atoms with van der Waals surface area (Å²) in [5.41, 5.74) is 1.72. The van der Waals surface area contributed by atoms with E-state index < -0.39 is 22.0 Å². The van der Waals surface area contributed by atoms with E-state index in [2.05, 4.69) is 0 Å². The fourth-order valence-electron chi connectivity index (χ4n) is 2.96. The molecule has 0 amide bonds. The number of hydrogen-bond acceptors (Lipinski definition) is 3. The van der Waals surface area contributed by atoms with Crippen molar-refractivity contribution >= 4 is 33.1 Å². The Labute approximate surface area is 147 Å². The molecular formula is C18H18ClNO3S. The van der Waals surface area contributed by atoms with Gasteiger partial charge in [0.2, 0.25) is 0 Å². The molecule has 0 bridgehead atoms. The summed E-state index contributed by atoms with van der Waals surface area (Å²) in [4.78, 5) is 12.8. The predicted molar refractivity (Wildman–Crippen MR) is 95.3 cm³/mol. The van der Waals surface area contributed by atoms with Crippen molar-refractivity contribution in [2.45, 2.75) is 31.7 Å². The fourth-order valence-corrected chi connectivity index (χ4v) is 4.87. The first-order chi connectivity index (χ1) is 11.2. The number of Topliss-reactive ketones (excluding diaryl/α,β-unsaturated/α-hetero) is 1. The zero-order valence-electron chi connectivity index (χ0n) is 13.7. The van der Waals surface area contributed by atoms with Crippen molar-refractivity contribution in [2.24, 2.45) is 5.92 Å². The van der Waals surface area contributed by atoms with Crippen molar-refractivity contribution in [3.05, 3.63) is 58.6 Å². The van der Waals surface area contributed by atoms with Crippen LogP contribution in [0.5, 0.6) is 0 Å². The number of fused-ring (bicyclic) bond motifs is 1. The van der Waals surface area contributed by atoms with E-state index in [4.69, 9.17) is 11.6 Å². The van der Waals surface area contributed by atoms with Gasteiger partial charge in [-0.05, 0) is 44.2 Å². The summed E-state index contributed by atoms with van der Waals surface area (Å²) in [5.74, 6) is -0.536. The van der Waals surface area contributed by atoms with Crippen molar-refractivity contribution in [2.75, 3.05) is 4.31 Å². The molecular weight excluding hydrogens is 346 g/mol. The Morgan fingerprint density at radius 2 is 1.67 bits per heavy atom. The van der Waals surface area contributed by atoms with E-state index in [1.165, 1.54) is 4.31 Å². The molecule has 1 aliphatic heterocycles. The van der Waals surface area contributed by atoms with Crippen LogP contribution in [0.15, 0.2) is 47.4 Å². The van der Waals surface area contributed by atoms with Crippen LogP contribution in [0.3, 0.4) is 0 Å². The molecule has 0 aliphatic carbocycles. The zero-order chi connectivity index (χ0) is 17.6. The van der Waals surface area contributed by atoms with Gasteiger partial charge in [0.1, 0.15) is 0 Å². The number of ketones is 1. The van der Waals surface area contributed by atoms with Crippen LogP contribution in [0, 0.1) is 12.8 Å². The molecule has 0 spiro atoms. The number of anilines is 1. The van der Waals surface area contributed by atoms with E-state index in [-0.39, 0.29) is 10.7 Å². The maximum absolute atomic E-state index is 13.2. The highest BCUT2D eigenvalue weighted by molar-refractivity contribution is 7.92. The highest BCUT2D eigenvalue weighted by atomic mass is 35.5. The summed E-state index contributed by atoms with van der Waals surface area (Å²) >= 11 is 6.00. The van der Waals surface area contributed by atoms with Gasteiger partial charge in [0.15, 0.2) is 5.78 Å². The SMILES string of the molecule is Cc1ccc(S(=O)(=O)N2c3ccc(Cl)cc3C(=O)C(C)C2C)cc1. The molecule has 1 heterocycles. The second-order valence-corrected chi connectivity index (χ2v) is 8.42. The Morgan fingerprint density at radius 3 is 2.29 bits per heavy atom. The minimum atomic E-state index is -3.77. The molecule has 2 atom stereocenters. The van der Waals surface area contributed by atoms with Crippen molar-refractivity contribution in [3.63, 3.8) is 0 Å². The van der Waals surface area contributed by atoms with Gasteiger partial charge in [-0.2, -0.15) is 0 Å². The molecule has 0 saturated carbocycles. The summed E-state index contributed by atoms with van der Waals surface area (Å²) in [5, 5.41) is 0.413. The summed E-state index contributed by atoms with van der Waals surface area (Å²) in [6.45, 7) is 5.40. The maximum Gasteiger partial charge on any atom is 0.264 e. The Morgan fingerprint density at radius 1 is 1.04 bits per heavy atom. The number of halogens is 1. The fraction of sp³-hybridized carbons (Fsp3) is 0.278. The molecule has 0 N–H and O–H groups in total. The van der Waals surface area contributed by atoms with E-state index in [1.807, 2.05) is 6.92 Å². The molecule has 4 nitrogen and oxygen atoms in total. The largest absolute Gasteiger partial charge is 0.294 e. The maximum atomic E-state index is 13.2. The highest BCUT2D eigenvalue weighted by Gasteiger charge is 2.41. The van der Waals surface area contributed by atoms with Crippen LogP contribution in [-0.4, -0.2) is 20.2 Å². The van der Waals surface area contributed by atoms with Gasteiger partial charge in [-0.1, -0.05) is 36.2 Å². The summed E-state index contributed by atoms with van der Waals surface area (Å²) in [6.07, 6.45) is 0. The van der Waals surface area contributed by atoms with E-state index in [0.717, 1.165) is 5.56 Å². The smallest absolute Gasteiger partial charge is 0.264 e. The lowest BCUT2D eigenvalue weighted by molar-refractivity contribution is 0.0910. The molecule has 2 aromatic carbocycles. The quantitative estimate of drug-likeness (QED) is 0.808. The van der Waals surface area contributed by atoms with Crippen LogP contribution in [0.1, 0.15) is 29.8 Å². The van der Waals surface area contributed by atoms with Crippen molar-refractivity contribution in [1.82, 2.24) is 0 Å². The van der Waals surface area contributed by atoms with Gasteiger partial charge in [0.05, 0.1) is 16.6 Å². The van der Waals surface area contributed by atoms with E-state index in [0.29, 0.717) is 16.3 Å². The second-order valence-electron chi connectivity index (χ2n) is 6.17. The lowest BCUT2D eigenvalue weighted by atomic mass is 9.88.